The standard InChI is InChI=1S/C15H14ClNO4S/c1-10-5-3-4-6-14(10)22(19,20)17-13-9-11(15(18)21-2)7-8-12(13)16/h3-9,17H,1-2H3. The Bertz CT molecular complexity index is 818. The van der Waals surface area contributed by atoms with Crippen molar-refractivity contribution in [2.24, 2.45) is 0 Å². The summed E-state index contributed by atoms with van der Waals surface area (Å²) in [6.07, 6.45) is 0. The van der Waals surface area contributed by atoms with Crippen LogP contribution in [-0.4, -0.2) is 21.5 Å². The minimum atomic E-state index is -3.80. The van der Waals surface area contributed by atoms with E-state index in [1.807, 2.05) is 0 Å². The van der Waals surface area contributed by atoms with Crippen LogP contribution < -0.4 is 4.72 Å². The van der Waals surface area contributed by atoms with Crippen molar-refractivity contribution in [1.82, 2.24) is 0 Å². The van der Waals surface area contributed by atoms with E-state index in [0.717, 1.165) is 0 Å². The smallest absolute Gasteiger partial charge is 0.337 e. The third-order valence-corrected chi connectivity index (χ3v) is 4.87. The molecule has 0 unspecified atom stereocenters. The van der Waals surface area contributed by atoms with Gasteiger partial charge in [0.05, 0.1) is 28.3 Å². The van der Waals surface area contributed by atoms with Gasteiger partial charge in [0.1, 0.15) is 0 Å². The second-order valence-electron chi connectivity index (χ2n) is 4.56. The lowest BCUT2D eigenvalue weighted by Crippen LogP contribution is -2.15. The van der Waals surface area contributed by atoms with Crippen LogP contribution in [0, 0.1) is 6.92 Å². The van der Waals surface area contributed by atoms with Gasteiger partial charge in [0.2, 0.25) is 0 Å². The third-order valence-electron chi connectivity index (χ3n) is 3.01. The second-order valence-corrected chi connectivity index (χ2v) is 6.62. The number of anilines is 1. The number of carbonyl (C=O) groups excluding carboxylic acids is 1. The first-order chi connectivity index (χ1) is 10.3. The predicted octanol–water partition coefficient (Wildman–Crippen LogP) is 3.24. The minimum absolute atomic E-state index is 0.118. The van der Waals surface area contributed by atoms with E-state index < -0.39 is 16.0 Å². The van der Waals surface area contributed by atoms with E-state index in [1.165, 1.54) is 31.4 Å². The normalized spacial score (nSPS) is 11.0. The summed E-state index contributed by atoms with van der Waals surface area (Å²) in [7, 11) is -2.56. The van der Waals surface area contributed by atoms with E-state index >= 15 is 0 Å². The van der Waals surface area contributed by atoms with Crippen molar-refractivity contribution in [2.75, 3.05) is 11.8 Å². The maximum Gasteiger partial charge on any atom is 0.337 e. The Kier molecular flexibility index (Phi) is 4.73. The summed E-state index contributed by atoms with van der Waals surface area (Å²) in [5.41, 5.74) is 0.928. The Balaban J connectivity index is 2.42. The van der Waals surface area contributed by atoms with Gasteiger partial charge in [-0.25, -0.2) is 13.2 Å². The van der Waals surface area contributed by atoms with Crippen molar-refractivity contribution in [3.05, 3.63) is 58.6 Å². The van der Waals surface area contributed by atoms with Crippen molar-refractivity contribution < 1.29 is 17.9 Å². The molecule has 0 bridgehead atoms. The molecule has 0 fully saturated rings. The maximum atomic E-state index is 12.4. The minimum Gasteiger partial charge on any atom is -0.465 e. The van der Waals surface area contributed by atoms with Gasteiger partial charge in [0, 0.05) is 0 Å². The zero-order valence-electron chi connectivity index (χ0n) is 12.0. The van der Waals surface area contributed by atoms with Crippen LogP contribution in [0.1, 0.15) is 15.9 Å². The molecule has 0 aliphatic carbocycles. The molecule has 0 heterocycles. The average molecular weight is 340 g/mol. The monoisotopic (exact) mass is 339 g/mol. The predicted molar refractivity (Wildman–Crippen MR) is 84.8 cm³/mol. The van der Waals surface area contributed by atoms with Crippen LogP contribution >= 0.6 is 11.6 Å². The zero-order valence-corrected chi connectivity index (χ0v) is 13.5. The van der Waals surface area contributed by atoms with Crippen LogP contribution in [0.2, 0.25) is 5.02 Å². The molecule has 1 N–H and O–H groups in total. The molecule has 2 rings (SSSR count). The Labute approximate surface area is 133 Å². The number of methoxy groups -OCH3 is 1. The van der Waals surface area contributed by atoms with Gasteiger partial charge in [-0.3, -0.25) is 4.72 Å². The number of halogens is 1. The molecule has 0 saturated carbocycles. The molecule has 2 aromatic rings. The van der Waals surface area contributed by atoms with Gasteiger partial charge >= 0.3 is 5.97 Å². The molecule has 0 atom stereocenters. The van der Waals surface area contributed by atoms with E-state index in [4.69, 9.17) is 11.6 Å². The quantitative estimate of drug-likeness (QED) is 0.868. The lowest BCUT2D eigenvalue weighted by molar-refractivity contribution is 0.0601. The van der Waals surface area contributed by atoms with Crippen LogP contribution in [0.4, 0.5) is 5.69 Å². The molecular weight excluding hydrogens is 326 g/mol. The summed E-state index contributed by atoms with van der Waals surface area (Å²) >= 11 is 6.00. The lowest BCUT2D eigenvalue weighted by Gasteiger charge is -2.12. The van der Waals surface area contributed by atoms with Gasteiger partial charge in [-0.05, 0) is 36.8 Å². The summed E-state index contributed by atoms with van der Waals surface area (Å²) < 4.78 is 31.9. The maximum absolute atomic E-state index is 12.4. The van der Waals surface area contributed by atoms with Crippen LogP contribution in [0.5, 0.6) is 0 Å². The number of benzene rings is 2. The Morgan fingerprint density at radius 3 is 2.50 bits per heavy atom. The molecule has 0 aliphatic rings. The van der Waals surface area contributed by atoms with E-state index in [9.17, 15) is 13.2 Å². The first kappa shape index (κ1) is 16.3. The van der Waals surface area contributed by atoms with E-state index in [0.29, 0.717) is 5.56 Å². The summed E-state index contributed by atoms with van der Waals surface area (Å²) in [5, 5.41) is 0.185. The second kappa shape index (κ2) is 6.37. The van der Waals surface area contributed by atoms with Crippen LogP contribution in [-0.2, 0) is 14.8 Å². The number of hydrogen-bond acceptors (Lipinski definition) is 4. The van der Waals surface area contributed by atoms with Crippen molar-refractivity contribution in [3.8, 4) is 0 Å². The number of esters is 1. The molecule has 22 heavy (non-hydrogen) atoms. The fraction of sp³-hybridized carbons (Fsp3) is 0.133. The van der Waals surface area contributed by atoms with Crippen molar-refractivity contribution in [3.63, 3.8) is 0 Å². The molecule has 5 nitrogen and oxygen atoms in total. The number of sulfonamides is 1. The highest BCUT2D eigenvalue weighted by Gasteiger charge is 2.19. The molecular formula is C15H14ClNO4S. The highest BCUT2D eigenvalue weighted by molar-refractivity contribution is 7.92. The van der Waals surface area contributed by atoms with Gasteiger partial charge in [-0.15, -0.1) is 0 Å². The van der Waals surface area contributed by atoms with Gasteiger partial charge < -0.3 is 4.74 Å². The number of nitrogens with one attached hydrogen (secondary N) is 1. The van der Waals surface area contributed by atoms with Gasteiger partial charge in [0.15, 0.2) is 0 Å². The first-order valence-corrected chi connectivity index (χ1v) is 8.17. The van der Waals surface area contributed by atoms with Crippen molar-refractivity contribution in [1.29, 1.82) is 0 Å². The molecule has 0 radical (unpaired) electrons. The SMILES string of the molecule is COC(=O)c1ccc(Cl)c(NS(=O)(=O)c2ccccc2C)c1. The first-order valence-electron chi connectivity index (χ1n) is 6.31. The van der Waals surface area contributed by atoms with Crippen LogP contribution in [0.15, 0.2) is 47.4 Å². The number of aryl methyl sites for hydroxylation is 1. The summed E-state index contributed by atoms with van der Waals surface area (Å²) in [6.45, 7) is 1.70. The summed E-state index contributed by atoms with van der Waals surface area (Å²) in [5.74, 6) is -0.576. The molecule has 116 valence electrons. The molecule has 0 saturated heterocycles. The highest BCUT2D eigenvalue weighted by Crippen LogP contribution is 2.27. The number of ether oxygens (including phenoxy) is 1. The summed E-state index contributed by atoms with van der Waals surface area (Å²) in [6, 6.07) is 10.8. The van der Waals surface area contributed by atoms with Gasteiger partial charge in [-0.1, -0.05) is 29.8 Å². The number of rotatable bonds is 4. The average Bonchev–Trinajstić information content (AvgIpc) is 2.48. The fourth-order valence-corrected chi connectivity index (χ4v) is 3.44. The summed E-state index contributed by atoms with van der Waals surface area (Å²) in [4.78, 5) is 11.7. The molecule has 0 aromatic heterocycles. The Morgan fingerprint density at radius 2 is 1.86 bits per heavy atom. The topological polar surface area (TPSA) is 72.5 Å². The zero-order chi connectivity index (χ0) is 16.3. The molecule has 0 aliphatic heterocycles. The Hall–Kier alpha value is -2.05. The van der Waals surface area contributed by atoms with E-state index in [2.05, 4.69) is 9.46 Å². The molecule has 2 aromatic carbocycles. The van der Waals surface area contributed by atoms with Gasteiger partial charge in [0.25, 0.3) is 10.0 Å². The third kappa shape index (κ3) is 3.40. The number of carbonyl (C=O) groups is 1. The van der Waals surface area contributed by atoms with Crippen LogP contribution in [0.3, 0.4) is 0 Å². The van der Waals surface area contributed by atoms with Crippen molar-refractivity contribution in [2.45, 2.75) is 11.8 Å². The Morgan fingerprint density at radius 1 is 1.18 bits per heavy atom. The van der Waals surface area contributed by atoms with Crippen LogP contribution in [0.25, 0.3) is 0 Å². The van der Waals surface area contributed by atoms with E-state index in [-0.39, 0.29) is 21.2 Å². The highest BCUT2D eigenvalue weighted by atomic mass is 35.5. The fourth-order valence-electron chi connectivity index (χ4n) is 1.91. The van der Waals surface area contributed by atoms with Gasteiger partial charge in [-0.2, -0.15) is 0 Å². The largest absolute Gasteiger partial charge is 0.465 e. The van der Waals surface area contributed by atoms with E-state index in [1.54, 1.807) is 25.1 Å². The molecule has 0 amide bonds. The molecule has 0 spiro atoms. The molecule has 7 heteroatoms. The van der Waals surface area contributed by atoms with Crippen molar-refractivity contribution >= 4 is 33.3 Å². The lowest BCUT2D eigenvalue weighted by atomic mass is 10.2. The number of hydrogen-bond donors (Lipinski definition) is 1.